The molecule has 2 aromatic rings. The van der Waals surface area contributed by atoms with Crippen LogP contribution in [0.1, 0.15) is 22.3 Å². The Morgan fingerprint density at radius 1 is 1.14 bits per heavy atom. The van der Waals surface area contributed by atoms with Gasteiger partial charge in [0.25, 0.3) is 5.69 Å². The zero-order valence-electron chi connectivity index (χ0n) is 15.6. The van der Waals surface area contributed by atoms with Crippen LogP contribution in [0.4, 0.5) is 15.8 Å². The van der Waals surface area contributed by atoms with Crippen molar-refractivity contribution in [2.45, 2.75) is 13.0 Å². The van der Waals surface area contributed by atoms with Gasteiger partial charge in [-0.15, -0.1) is 0 Å². The first-order chi connectivity index (χ1) is 13.5. The van der Waals surface area contributed by atoms with E-state index in [-0.39, 0.29) is 17.1 Å². The number of hydrogen-bond donors (Lipinski definition) is 0. The summed E-state index contributed by atoms with van der Waals surface area (Å²) < 4.78 is 17.8. The summed E-state index contributed by atoms with van der Waals surface area (Å²) >= 11 is 0. The summed E-state index contributed by atoms with van der Waals surface area (Å²) in [5.74, 6) is -0.966. The number of halogens is 1. The Bertz CT molecular complexity index is 857. The van der Waals surface area contributed by atoms with Gasteiger partial charge in [-0.3, -0.25) is 15.0 Å². The zero-order chi connectivity index (χ0) is 20.1. The highest BCUT2D eigenvalue weighted by molar-refractivity contribution is 5.95. The normalized spacial score (nSPS) is 15.1. The molecule has 148 valence electrons. The third-order valence-electron chi connectivity index (χ3n) is 4.86. The average Bonchev–Trinajstić information content (AvgIpc) is 2.94. The SMILES string of the molecule is COC(=O)c1cc(N2CCCN(Cc3ccc(F)cc3)CC2)ccc1[N+](=O)[O-]. The number of anilines is 1. The molecule has 0 spiro atoms. The molecule has 0 aromatic heterocycles. The van der Waals surface area contributed by atoms with Crippen molar-refractivity contribution in [2.75, 3.05) is 38.2 Å². The van der Waals surface area contributed by atoms with E-state index >= 15 is 0 Å². The minimum absolute atomic E-state index is 0.0441. The molecule has 0 amide bonds. The molecule has 0 bridgehead atoms. The third-order valence-corrected chi connectivity index (χ3v) is 4.86. The Balaban J connectivity index is 1.72. The molecule has 1 fully saturated rings. The molecule has 0 aliphatic carbocycles. The Labute approximate surface area is 162 Å². The van der Waals surface area contributed by atoms with Crippen LogP contribution in [-0.2, 0) is 11.3 Å². The van der Waals surface area contributed by atoms with E-state index in [1.807, 2.05) is 0 Å². The second-order valence-electron chi connectivity index (χ2n) is 6.69. The second kappa shape index (κ2) is 8.79. The maximum Gasteiger partial charge on any atom is 0.344 e. The summed E-state index contributed by atoms with van der Waals surface area (Å²) in [6, 6.07) is 11.0. The highest BCUT2D eigenvalue weighted by Crippen LogP contribution is 2.26. The number of esters is 1. The van der Waals surface area contributed by atoms with Crippen molar-refractivity contribution in [2.24, 2.45) is 0 Å². The predicted molar refractivity (Wildman–Crippen MR) is 103 cm³/mol. The summed E-state index contributed by atoms with van der Waals surface area (Å²) in [6.45, 7) is 3.92. The molecule has 1 aliphatic heterocycles. The minimum Gasteiger partial charge on any atom is -0.465 e. The largest absolute Gasteiger partial charge is 0.465 e. The number of nitrogens with zero attached hydrogens (tertiary/aromatic N) is 3. The van der Waals surface area contributed by atoms with Gasteiger partial charge in [-0.05, 0) is 36.2 Å². The number of benzene rings is 2. The van der Waals surface area contributed by atoms with E-state index in [1.165, 1.54) is 31.4 Å². The van der Waals surface area contributed by atoms with E-state index in [2.05, 4.69) is 14.5 Å². The fraction of sp³-hybridized carbons (Fsp3) is 0.350. The van der Waals surface area contributed by atoms with Crippen LogP contribution < -0.4 is 4.90 Å². The number of carbonyl (C=O) groups is 1. The lowest BCUT2D eigenvalue weighted by atomic mass is 10.1. The topological polar surface area (TPSA) is 75.9 Å². The Hall–Kier alpha value is -3.00. The lowest BCUT2D eigenvalue weighted by Gasteiger charge is -2.24. The number of hydrogen-bond acceptors (Lipinski definition) is 6. The van der Waals surface area contributed by atoms with Crippen LogP contribution in [0.3, 0.4) is 0 Å². The van der Waals surface area contributed by atoms with E-state index in [4.69, 9.17) is 0 Å². The van der Waals surface area contributed by atoms with Gasteiger partial charge in [0.05, 0.1) is 12.0 Å². The van der Waals surface area contributed by atoms with Gasteiger partial charge in [0.2, 0.25) is 0 Å². The Morgan fingerprint density at radius 2 is 1.89 bits per heavy atom. The molecule has 0 atom stereocenters. The van der Waals surface area contributed by atoms with Gasteiger partial charge in [0.15, 0.2) is 0 Å². The van der Waals surface area contributed by atoms with E-state index in [0.29, 0.717) is 0 Å². The van der Waals surface area contributed by atoms with Gasteiger partial charge < -0.3 is 9.64 Å². The summed E-state index contributed by atoms with van der Waals surface area (Å²) in [5, 5.41) is 11.2. The van der Waals surface area contributed by atoms with Gasteiger partial charge in [0.1, 0.15) is 11.4 Å². The third kappa shape index (κ3) is 4.64. The maximum atomic E-state index is 13.1. The first-order valence-electron chi connectivity index (χ1n) is 9.06. The number of methoxy groups -OCH3 is 1. The number of carbonyl (C=O) groups excluding carboxylic acids is 1. The lowest BCUT2D eigenvalue weighted by molar-refractivity contribution is -0.385. The maximum absolute atomic E-state index is 13.1. The molecule has 0 saturated carbocycles. The highest BCUT2D eigenvalue weighted by Gasteiger charge is 2.23. The molecular formula is C20H22FN3O4. The fourth-order valence-corrected chi connectivity index (χ4v) is 3.39. The van der Waals surface area contributed by atoms with Crippen molar-refractivity contribution in [1.82, 2.24) is 4.90 Å². The van der Waals surface area contributed by atoms with E-state index in [9.17, 15) is 19.3 Å². The Kier molecular flexibility index (Phi) is 6.20. The monoisotopic (exact) mass is 387 g/mol. The van der Waals surface area contributed by atoms with Crippen LogP contribution in [0.5, 0.6) is 0 Å². The number of nitro benzene ring substituents is 1. The van der Waals surface area contributed by atoms with Gasteiger partial charge in [-0.2, -0.15) is 0 Å². The quantitative estimate of drug-likeness (QED) is 0.445. The second-order valence-corrected chi connectivity index (χ2v) is 6.69. The lowest BCUT2D eigenvalue weighted by Crippen LogP contribution is -2.30. The molecule has 28 heavy (non-hydrogen) atoms. The van der Waals surface area contributed by atoms with Crippen LogP contribution in [0.15, 0.2) is 42.5 Å². The minimum atomic E-state index is -0.721. The predicted octanol–water partition coefficient (Wildman–Crippen LogP) is 3.23. The molecular weight excluding hydrogens is 365 g/mol. The van der Waals surface area contributed by atoms with E-state index < -0.39 is 10.9 Å². The fourth-order valence-electron chi connectivity index (χ4n) is 3.39. The van der Waals surface area contributed by atoms with Crippen molar-refractivity contribution < 1.29 is 18.8 Å². The summed E-state index contributed by atoms with van der Waals surface area (Å²) in [5.41, 5.74) is 1.51. The Morgan fingerprint density at radius 3 is 2.57 bits per heavy atom. The number of rotatable bonds is 5. The average molecular weight is 387 g/mol. The smallest absolute Gasteiger partial charge is 0.344 e. The van der Waals surface area contributed by atoms with Gasteiger partial charge in [-0.25, -0.2) is 9.18 Å². The first kappa shape index (κ1) is 19.8. The van der Waals surface area contributed by atoms with Crippen molar-refractivity contribution in [3.05, 3.63) is 69.5 Å². The number of nitro groups is 1. The van der Waals surface area contributed by atoms with Crippen LogP contribution in [0.2, 0.25) is 0 Å². The summed E-state index contributed by atoms with van der Waals surface area (Å²) in [7, 11) is 1.21. The van der Waals surface area contributed by atoms with Crippen LogP contribution in [0.25, 0.3) is 0 Å². The molecule has 7 nitrogen and oxygen atoms in total. The molecule has 1 heterocycles. The molecule has 0 N–H and O–H groups in total. The highest BCUT2D eigenvalue weighted by atomic mass is 19.1. The first-order valence-corrected chi connectivity index (χ1v) is 9.06. The van der Waals surface area contributed by atoms with Gasteiger partial charge in [-0.1, -0.05) is 12.1 Å². The molecule has 1 saturated heterocycles. The van der Waals surface area contributed by atoms with Gasteiger partial charge >= 0.3 is 5.97 Å². The molecule has 1 aliphatic rings. The van der Waals surface area contributed by atoms with Crippen molar-refractivity contribution >= 4 is 17.3 Å². The standard InChI is InChI=1S/C20H22FN3O4/c1-28-20(25)18-13-17(7-8-19(18)24(26)27)23-10-2-9-22(11-12-23)14-15-3-5-16(21)6-4-15/h3-8,13H,2,9-12,14H2,1H3. The van der Waals surface area contributed by atoms with Crippen LogP contribution in [-0.4, -0.2) is 49.1 Å². The molecule has 3 rings (SSSR count). The van der Waals surface area contributed by atoms with E-state index in [0.717, 1.165) is 50.4 Å². The summed E-state index contributed by atoms with van der Waals surface area (Å²) in [4.78, 5) is 26.9. The van der Waals surface area contributed by atoms with Gasteiger partial charge in [0, 0.05) is 44.5 Å². The van der Waals surface area contributed by atoms with Crippen LogP contribution in [0, 0.1) is 15.9 Å². The van der Waals surface area contributed by atoms with Crippen LogP contribution >= 0.6 is 0 Å². The number of ether oxygens (including phenoxy) is 1. The van der Waals surface area contributed by atoms with E-state index in [1.54, 1.807) is 18.2 Å². The molecule has 0 radical (unpaired) electrons. The van der Waals surface area contributed by atoms with Crippen molar-refractivity contribution in [1.29, 1.82) is 0 Å². The summed E-state index contributed by atoms with van der Waals surface area (Å²) in [6.07, 6.45) is 0.908. The zero-order valence-corrected chi connectivity index (χ0v) is 15.6. The molecule has 2 aromatic carbocycles. The van der Waals surface area contributed by atoms with Crippen molar-refractivity contribution in [3.8, 4) is 0 Å². The molecule has 8 heteroatoms. The van der Waals surface area contributed by atoms with Crippen molar-refractivity contribution in [3.63, 3.8) is 0 Å². The molecule has 0 unspecified atom stereocenters.